The topological polar surface area (TPSA) is 50.1 Å². The molecule has 1 aromatic rings. The Balaban J connectivity index is 3.28. The normalized spacial score (nSPS) is 9.62. The number of halogens is 1. The molecule has 0 unspecified atom stereocenters. The number of carbonyl (C=O) groups is 1. The molecule has 0 amide bonds. The van der Waals surface area contributed by atoms with Gasteiger partial charge in [0.15, 0.2) is 0 Å². The van der Waals surface area contributed by atoms with E-state index in [1.54, 1.807) is 19.1 Å². The maximum absolute atomic E-state index is 11.7. The van der Waals surface area contributed by atoms with Crippen molar-refractivity contribution in [3.8, 4) is 6.07 Å². The van der Waals surface area contributed by atoms with Gasteiger partial charge in [0.2, 0.25) is 0 Å². The summed E-state index contributed by atoms with van der Waals surface area (Å²) in [6.07, 6.45) is 0. The number of hydrogen-bond acceptors (Lipinski definition) is 4. The van der Waals surface area contributed by atoms with E-state index in [2.05, 4.69) is 28.6 Å². The summed E-state index contributed by atoms with van der Waals surface area (Å²) in [5.74, 6) is -0.411. The van der Waals surface area contributed by atoms with Crippen LogP contribution < -0.4 is 0 Å². The smallest absolute Gasteiger partial charge is 0.339 e. The predicted molar refractivity (Wildman–Crippen MR) is 67.0 cm³/mol. The summed E-state index contributed by atoms with van der Waals surface area (Å²) in [5, 5.41) is 9.28. The fourth-order valence-electron chi connectivity index (χ4n) is 1.29. The van der Waals surface area contributed by atoms with E-state index in [1.807, 2.05) is 6.07 Å². The van der Waals surface area contributed by atoms with Gasteiger partial charge in [0.1, 0.15) is 0 Å². The maximum atomic E-state index is 11.7. The Morgan fingerprint density at radius 2 is 2.31 bits per heavy atom. The molecule has 0 bridgehead atoms. The monoisotopic (exact) mass is 299 g/mol. The first-order chi connectivity index (χ1) is 7.63. The molecule has 0 spiro atoms. The number of nitrogens with zero attached hydrogens (tertiary/aromatic N) is 1. The van der Waals surface area contributed by atoms with Crippen LogP contribution in [0.25, 0.3) is 0 Å². The van der Waals surface area contributed by atoms with E-state index < -0.39 is 5.97 Å². The van der Waals surface area contributed by atoms with Crippen molar-refractivity contribution in [2.75, 3.05) is 6.61 Å². The summed E-state index contributed by atoms with van der Waals surface area (Å²) < 4.78 is 4.93. The highest BCUT2D eigenvalue weighted by molar-refractivity contribution is 9.08. The number of esters is 1. The van der Waals surface area contributed by atoms with Gasteiger partial charge in [-0.05, 0) is 24.6 Å². The molecule has 3 nitrogen and oxygen atoms in total. The van der Waals surface area contributed by atoms with Crippen LogP contribution in [-0.2, 0) is 10.1 Å². The van der Waals surface area contributed by atoms with Crippen molar-refractivity contribution in [1.29, 1.82) is 5.26 Å². The molecule has 0 saturated carbocycles. The molecule has 0 aliphatic carbocycles. The lowest BCUT2D eigenvalue weighted by atomic mass is 10.1. The quantitative estimate of drug-likeness (QED) is 0.530. The number of hydrogen-bond donors (Lipinski definition) is 1. The van der Waals surface area contributed by atoms with Crippen LogP contribution in [0.3, 0.4) is 0 Å². The molecule has 0 heterocycles. The van der Waals surface area contributed by atoms with E-state index in [4.69, 9.17) is 10.00 Å². The van der Waals surface area contributed by atoms with Crippen LogP contribution in [0.5, 0.6) is 0 Å². The van der Waals surface area contributed by atoms with Crippen LogP contribution in [-0.4, -0.2) is 12.6 Å². The van der Waals surface area contributed by atoms with E-state index in [-0.39, 0.29) is 0 Å². The van der Waals surface area contributed by atoms with Crippen LogP contribution in [0, 0.1) is 11.3 Å². The molecule has 0 aliphatic rings. The van der Waals surface area contributed by atoms with Gasteiger partial charge >= 0.3 is 5.97 Å². The average molecular weight is 300 g/mol. The third-order valence-corrected chi connectivity index (χ3v) is 2.91. The Kier molecular flexibility index (Phi) is 4.84. The maximum Gasteiger partial charge on any atom is 0.339 e. The number of thiol groups is 1. The molecular weight excluding hydrogens is 290 g/mol. The van der Waals surface area contributed by atoms with Gasteiger partial charge in [0, 0.05) is 10.2 Å². The fourth-order valence-corrected chi connectivity index (χ4v) is 2.11. The third kappa shape index (κ3) is 2.77. The van der Waals surface area contributed by atoms with Gasteiger partial charge in [-0.3, -0.25) is 0 Å². The predicted octanol–water partition coefficient (Wildman–Crippen LogP) is 2.92. The minimum Gasteiger partial charge on any atom is -0.462 e. The first-order valence-electron chi connectivity index (χ1n) is 4.63. The lowest BCUT2D eigenvalue weighted by Gasteiger charge is -2.09. The van der Waals surface area contributed by atoms with Crippen molar-refractivity contribution < 1.29 is 9.53 Å². The molecule has 0 aromatic heterocycles. The van der Waals surface area contributed by atoms with Crippen LogP contribution >= 0.6 is 28.6 Å². The van der Waals surface area contributed by atoms with E-state index >= 15 is 0 Å². The molecule has 1 aromatic carbocycles. The Morgan fingerprint density at radius 1 is 1.62 bits per heavy atom. The highest BCUT2D eigenvalue weighted by atomic mass is 79.9. The lowest BCUT2D eigenvalue weighted by Crippen LogP contribution is -2.09. The summed E-state index contributed by atoms with van der Waals surface area (Å²) in [6, 6.07) is 5.23. The Hall–Kier alpha value is -0.990. The molecule has 84 valence electrons. The van der Waals surface area contributed by atoms with Gasteiger partial charge in [-0.2, -0.15) is 5.26 Å². The second-order valence-electron chi connectivity index (χ2n) is 3.00. The lowest BCUT2D eigenvalue weighted by molar-refractivity contribution is 0.0521. The van der Waals surface area contributed by atoms with Crippen LogP contribution in [0.1, 0.15) is 28.4 Å². The van der Waals surface area contributed by atoms with Gasteiger partial charge in [0.05, 0.1) is 23.8 Å². The summed E-state index contributed by atoms with van der Waals surface area (Å²) in [5.41, 5.74) is 1.61. The number of ether oxygens (including phenoxy) is 1. The minimum absolute atomic E-state index is 0.313. The van der Waals surface area contributed by atoms with Gasteiger partial charge in [-0.25, -0.2) is 4.79 Å². The Morgan fingerprint density at radius 3 is 2.81 bits per heavy atom. The SMILES string of the molecule is CCOC(=O)c1c(S)cc(C#N)cc1CBr. The largest absolute Gasteiger partial charge is 0.462 e. The van der Waals surface area contributed by atoms with Crippen LogP contribution in [0.4, 0.5) is 0 Å². The summed E-state index contributed by atoms with van der Waals surface area (Å²) >= 11 is 7.48. The molecular formula is C11H10BrNO2S. The summed E-state index contributed by atoms with van der Waals surface area (Å²) in [4.78, 5) is 12.1. The molecule has 0 atom stereocenters. The highest BCUT2D eigenvalue weighted by Gasteiger charge is 2.16. The van der Waals surface area contributed by atoms with Gasteiger partial charge < -0.3 is 4.74 Å². The van der Waals surface area contributed by atoms with Crippen molar-refractivity contribution in [3.63, 3.8) is 0 Å². The van der Waals surface area contributed by atoms with Crippen molar-refractivity contribution >= 4 is 34.5 Å². The van der Waals surface area contributed by atoms with Gasteiger partial charge in [-0.15, -0.1) is 12.6 Å². The van der Waals surface area contributed by atoms with Crippen molar-refractivity contribution in [3.05, 3.63) is 28.8 Å². The average Bonchev–Trinajstić information content (AvgIpc) is 2.27. The van der Waals surface area contributed by atoms with E-state index in [9.17, 15) is 4.79 Å². The standard InChI is InChI=1S/C11H10BrNO2S/c1-2-15-11(14)10-8(5-12)3-7(6-13)4-9(10)16/h3-4,16H,2,5H2,1H3. The molecule has 0 radical (unpaired) electrons. The second kappa shape index (κ2) is 5.92. The molecule has 5 heteroatoms. The molecule has 1 rings (SSSR count). The fraction of sp³-hybridized carbons (Fsp3) is 0.273. The highest BCUT2D eigenvalue weighted by Crippen LogP contribution is 2.24. The third-order valence-electron chi connectivity index (χ3n) is 1.95. The van der Waals surface area contributed by atoms with E-state index in [1.165, 1.54) is 0 Å². The van der Waals surface area contributed by atoms with Crippen molar-refractivity contribution in [2.45, 2.75) is 17.1 Å². The van der Waals surface area contributed by atoms with Crippen molar-refractivity contribution in [2.24, 2.45) is 0 Å². The Labute approximate surface area is 108 Å². The summed E-state index contributed by atoms with van der Waals surface area (Å²) in [7, 11) is 0. The molecule has 0 saturated heterocycles. The number of benzene rings is 1. The van der Waals surface area contributed by atoms with Gasteiger partial charge in [-0.1, -0.05) is 15.9 Å². The first kappa shape index (κ1) is 13.1. The molecule has 0 N–H and O–H groups in total. The zero-order valence-electron chi connectivity index (χ0n) is 8.66. The zero-order chi connectivity index (χ0) is 12.1. The molecule has 0 fully saturated rings. The number of rotatable bonds is 3. The zero-order valence-corrected chi connectivity index (χ0v) is 11.1. The number of nitriles is 1. The van der Waals surface area contributed by atoms with E-state index in [0.29, 0.717) is 33.5 Å². The Bertz CT molecular complexity index is 454. The minimum atomic E-state index is -0.411. The van der Waals surface area contributed by atoms with Gasteiger partial charge in [0.25, 0.3) is 0 Å². The summed E-state index contributed by atoms with van der Waals surface area (Å²) in [6.45, 7) is 2.06. The van der Waals surface area contributed by atoms with Crippen LogP contribution in [0.15, 0.2) is 17.0 Å². The first-order valence-corrected chi connectivity index (χ1v) is 6.20. The molecule has 0 aliphatic heterocycles. The number of carbonyl (C=O) groups excluding carboxylic acids is 1. The molecule has 16 heavy (non-hydrogen) atoms. The second-order valence-corrected chi connectivity index (χ2v) is 4.04. The van der Waals surface area contributed by atoms with Crippen LogP contribution in [0.2, 0.25) is 0 Å². The van der Waals surface area contributed by atoms with E-state index in [0.717, 1.165) is 0 Å². The number of alkyl halides is 1. The van der Waals surface area contributed by atoms with Crippen molar-refractivity contribution in [1.82, 2.24) is 0 Å².